The molecule has 1 radical (unpaired) electrons. The van der Waals surface area contributed by atoms with Crippen LogP contribution in [0.2, 0.25) is 0 Å². The first-order valence-electron chi connectivity index (χ1n) is 2.67. The van der Waals surface area contributed by atoms with Crippen LogP contribution in [-0.2, 0) is 0 Å². The van der Waals surface area contributed by atoms with Crippen molar-refractivity contribution in [1.29, 1.82) is 0 Å². The van der Waals surface area contributed by atoms with Crippen LogP contribution >= 0.6 is 0 Å². The molecule has 0 saturated heterocycles. The highest BCUT2D eigenvalue weighted by molar-refractivity contribution is 5.62. The Morgan fingerprint density at radius 3 is 1.89 bits per heavy atom. The number of nitrogen functional groups attached to an aromatic ring is 2. The van der Waals surface area contributed by atoms with E-state index >= 15 is 0 Å². The Bertz CT molecular complexity index is 198. The number of anilines is 2. The van der Waals surface area contributed by atoms with Gasteiger partial charge in [-0.3, -0.25) is 0 Å². The van der Waals surface area contributed by atoms with Crippen molar-refractivity contribution in [1.82, 2.24) is 0 Å². The molecule has 0 aliphatic heterocycles. The van der Waals surface area contributed by atoms with Gasteiger partial charge in [0.15, 0.2) is 0 Å². The summed E-state index contributed by atoms with van der Waals surface area (Å²) in [4.78, 5) is 0. The van der Waals surface area contributed by atoms with Gasteiger partial charge < -0.3 is 11.5 Å². The topological polar surface area (TPSA) is 52.0 Å². The second kappa shape index (κ2) is 1.97. The van der Waals surface area contributed by atoms with Gasteiger partial charge in [-0.05, 0) is 24.6 Å². The van der Waals surface area contributed by atoms with Crippen LogP contribution in [0.3, 0.4) is 0 Å². The van der Waals surface area contributed by atoms with Gasteiger partial charge in [-0.2, -0.15) is 0 Å². The Hall–Kier alpha value is -1.18. The molecule has 0 aliphatic carbocycles. The third kappa shape index (κ3) is 0.964. The molecule has 0 unspecified atom stereocenters. The molecule has 0 bridgehead atoms. The van der Waals surface area contributed by atoms with Gasteiger partial charge in [-0.25, -0.2) is 0 Å². The summed E-state index contributed by atoms with van der Waals surface area (Å²) in [7, 11) is 0. The zero-order valence-corrected chi connectivity index (χ0v) is 5.09. The van der Waals surface area contributed by atoms with Crippen molar-refractivity contribution in [2.75, 3.05) is 11.5 Å². The molecule has 0 saturated carbocycles. The van der Waals surface area contributed by atoms with Gasteiger partial charge in [-0.1, -0.05) is 6.07 Å². The summed E-state index contributed by atoms with van der Waals surface area (Å²) in [6, 6.07) is 5.36. The number of hydrogen-bond donors (Lipinski definition) is 2. The van der Waals surface area contributed by atoms with E-state index in [9.17, 15) is 0 Å². The van der Waals surface area contributed by atoms with Crippen molar-refractivity contribution in [3.05, 3.63) is 30.7 Å². The average molecular weight is 121 g/mol. The number of benzene rings is 1. The van der Waals surface area contributed by atoms with E-state index in [0.29, 0.717) is 11.4 Å². The Balaban J connectivity index is 3.25. The first-order chi connectivity index (χ1) is 4.22. The van der Waals surface area contributed by atoms with Crippen molar-refractivity contribution >= 4 is 11.4 Å². The van der Waals surface area contributed by atoms with Gasteiger partial charge in [0.2, 0.25) is 0 Å². The molecule has 0 aromatic heterocycles. The molecule has 0 spiro atoms. The monoisotopic (exact) mass is 121 g/mol. The molecule has 9 heavy (non-hydrogen) atoms. The molecule has 47 valence electrons. The van der Waals surface area contributed by atoms with E-state index in [2.05, 4.69) is 6.92 Å². The maximum atomic E-state index is 5.48. The van der Waals surface area contributed by atoms with Gasteiger partial charge in [-0.15, -0.1) is 0 Å². The smallest absolute Gasteiger partial charge is 0.0367 e. The summed E-state index contributed by atoms with van der Waals surface area (Å²) in [6.45, 7) is 3.67. The second-order valence-electron chi connectivity index (χ2n) is 1.92. The standard InChI is InChI=1S/C7H9N2/c1-5-6(8)3-2-4-7(5)9/h2-4H,1,8-9H2. The van der Waals surface area contributed by atoms with E-state index in [4.69, 9.17) is 11.5 Å². The predicted molar refractivity (Wildman–Crippen MR) is 39.7 cm³/mol. The molecule has 0 heterocycles. The van der Waals surface area contributed by atoms with Gasteiger partial charge in [0.25, 0.3) is 0 Å². The van der Waals surface area contributed by atoms with E-state index < -0.39 is 0 Å². The van der Waals surface area contributed by atoms with Crippen LogP contribution in [0.5, 0.6) is 0 Å². The van der Waals surface area contributed by atoms with E-state index in [-0.39, 0.29) is 0 Å². The molecule has 1 rings (SSSR count). The zero-order chi connectivity index (χ0) is 6.85. The lowest BCUT2D eigenvalue weighted by atomic mass is 10.2. The van der Waals surface area contributed by atoms with Crippen molar-refractivity contribution in [2.24, 2.45) is 0 Å². The second-order valence-corrected chi connectivity index (χ2v) is 1.92. The quantitative estimate of drug-likeness (QED) is 0.504. The molecule has 1 aromatic carbocycles. The summed E-state index contributed by atoms with van der Waals surface area (Å²) in [5.74, 6) is 0. The van der Waals surface area contributed by atoms with Gasteiger partial charge >= 0.3 is 0 Å². The maximum absolute atomic E-state index is 5.48. The Kier molecular flexibility index (Phi) is 1.30. The van der Waals surface area contributed by atoms with E-state index in [0.717, 1.165) is 5.56 Å². The minimum Gasteiger partial charge on any atom is -0.398 e. The third-order valence-electron chi connectivity index (χ3n) is 1.25. The fraction of sp³-hybridized carbons (Fsp3) is 0. The van der Waals surface area contributed by atoms with E-state index in [1.54, 1.807) is 18.2 Å². The minimum atomic E-state index is 0.648. The Morgan fingerprint density at radius 2 is 1.56 bits per heavy atom. The van der Waals surface area contributed by atoms with Crippen LogP contribution in [-0.4, -0.2) is 0 Å². The SMILES string of the molecule is [CH2]c1c(N)cccc1N. The lowest BCUT2D eigenvalue weighted by Gasteiger charge is -2.00. The van der Waals surface area contributed by atoms with Crippen LogP contribution in [0.1, 0.15) is 5.56 Å². The van der Waals surface area contributed by atoms with Crippen LogP contribution in [0.15, 0.2) is 18.2 Å². The first-order valence-corrected chi connectivity index (χ1v) is 2.67. The van der Waals surface area contributed by atoms with Crippen LogP contribution in [0, 0.1) is 6.92 Å². The molecular formula is C7H9N2. The normalized spacial score (nSPS) is 9.44. The third-order valence-corrected chi connectivity index (χ3v) is 1.25. The number of rotatable bonds is 0. The Labute approximate surface area is 54.5 Å². The maximum Gasteiger partial charge on any atom is 0.0367 e. The summed E-state index contributed by atoms with van der Waals surface area (Å²) in [5, 5.41) is 0. The molecule has 2 heteroatoms. The van der Waals surface area contributed by atoms with Crippen molar-refractivity contribution in [3.8, 4) is 0 Å². The fourth-order valence-corrected chi connectivity index (χ4v) is 0.623. The molecule has 4 N–H and O–H groups in total. The highest BCUT2D eigenvalue weighted by Gasteiger charge is 1.93. The molecule has 0 atom stereocenters. The lowest BCUT2D eigenvalue weighted by molar-refractivity contribution is 1.59. The summed E-state index contributed by atoms with van der Waals surface area (Å²) in [6.07, 6.45) is 0. The van der Waals surface area contributed by atoms with Crippen molar-refractivity contribution in [2.45, 2.75) is 0 Å². The van der Waals surface area contributed by atoms with Gasteiger partial charge in [0.05, 0.1) is 0 Å². The molecular weight excluding hydrogens is 112 g/mol. The van der Waals surface area contributed by atoms with Crippen LogP contribution < -0.4 is 11.5 Å². The molecule has 0 amide bonds. The molecule has 1 aromatic rings. The summed E-state index contributed by atoms with van der Waals surface area (Å²) < 4.78 is 0. The van der Waals surface area contributed by atoms with Crippen LogP contribution in [0.25, 0.3) is 0 Å². The van der Waals surface area contributed by atoms with Gasteiger partial charge in [0, 0.05) is 11.4 Å². The van der Waals surface area contributed by atoms with Gasteiger partial charge in [0.1, 0.15) is 0 Å². The highest BCUT2D eigenvalue weighted by atomic mass is 14.6. The van der Waals surface area contributed by atoms with E-state index in [1.807, 2.05) is 0 Å². The predicted octanol–water partition coefficient (Wildman–Crippen LogP) is 1.03. The van der Waals surface area contributed by atoms with Crippen molar-refractivity contribution < 1.29 is 0 Å². The zero-order valence-electron chi connectivity index (χ0n) is 5.09. The summed E-state index contributed by atoms with van der Waals surface area (Å²) >= 11 is 0. The number of nitrogens with two attached hydrogens (primary N) is 2. The molecule has 0 aliphatic rings. The van der Waals surface area contributed by atoms with Crippen LogP contribution in [0.4, 0.5) is 11.4 Å². The lowest BCUT2D eigenvalue weighted by Crippen LogP contribution is -1.94. The minimum absolute atomic E-state index is 0.648. The average Bonchev–Trinajstić information content (AvgIpc) is 1.83. The van der Waals surface area contributed by atoms with Crippen molar-refractivity contribution in [3.63, 3.8) is 0 Å². The molecule has 0 fully saturated rings. The number of hydrogen-bond acceptors (Lipinski definition) is 2. The molecule has 2 nitrogen and oxygen atoms in total. The highest BCUT2D eigenvalue weighted by Crippen LogP contribution is 2.16. The summed E-state index contributed by atoms with van der Waals surface area (Å²) in [5.41, 5.74) is 13.0. The van der Waals surface area contributed by atoms with E-state index in [1.165, 1.54) is 0 Å². The Morgan fingerprint density at radius 1 is 1.11 bits per heavy atom. The fourth-order valence-electron chi connectivity index (χ4n) is 0.623. The largest absolute Gasteiger partial charge is 0.398 e. The first kappa shape index (κ1) is 5.95.